The van der Waals surface area contributed by atoms with Crippen molar-refractivity contribution in [3.05, 3.63) is 58.9 Å². The number of piperazine rings is 1. The molecule has 1 aliphatic heterocycles. The van der Waals surface area contributed by atoms with Crippen molar-refractivity contribution in [2.45, 2.75) is 26.8 Å². The van der Waals surface area contributed by atoms with E-state index in [1.807, 2.05) is 48.6 Å². The highest BCUT2D eigenvalue weighted by atomic mass is 16.5. The molecule has 3 aromatic rings. The lowest BCUT2D eigenvalue weighted by Crippen LogP contribution is -2.47. The topological polar surface area (TPSA) is 92.0 Å². The first-order valence-electron chi connectivity index (χ1n) is 9.34. The summed E-state index contributed by atoms with van der Waals surface area (Å²) >= 11 is 0. The fraction of sp³-hybridized carbons (Fsp3) is 0.350. The number of nitrogens with zero attached hydrogens (tertiary/aromatic N) is 4. The maximum absolute atomic E-state index is 12.7. The zero-order valence-electron chi connectivity index (χ0n) is 16.3. The summed E-state index contributed by atoms with van der Waals surface area (Å²) in [7, 11) is 0. The predicted octanol–water partition coefficient (Wildman–Crippen LogP) is 2.30. The number of hydrogen-bond donors (Lipinski definition) is 2. The first kappa shape index (κ1) is 18.2. The van der Waals surface area contributed by atoms with Gasteiger partial charge in [0.05, 0.1) is 12.2 Å². The molecule has 8 nitrogen and oxygen atoms in total. The van der Waals surface area contributed by atoms with Gasteiger partial charge in [-0.2, -0.15) is 5.10 Å². The molecule has 146 valence electrons. The van der Waals surface area contributed by atoms with Crippen LogP contribution in [0.5, 0.6) is 0 Å². The number of carbonyl (C=O) groups is 1. The van der Waals surface area contributed by atoms with E-state index >= 15 is 0 Å². The molecule has 1 saturated heterocycles. The summed E-state index contributed by atoms with van der Waals surface area (Å²) in [6.07, 6.45) is 7.19. The molecule has 0 saturated carbocycles. The Bertz CT molecular complexity index is 998. The van der Waals surface area contributed by atoms with Crippen LogP contribution in [0.25, 0.3) is 11.9 Å². The molecule has 28 heavy (non-hydrogen) atoms. The van der Waals surface area contributed by atoms with E-state index in [1.165, 1.54) is 0 Å². The van der Waals surface area contributed by atoms with Crippen molar-refractivity contribution < 1.29 is 9.32 Å². The number of aromatic amines is 1. The standard InChI is InChI=1S/C20H24N6O2/c1-13-8-16(15(3)26(13)19-9-14(2)28-24-19)4-5-20(27)25-7-6-21-18(12-25)17-10-22-23-11-17/h4-5,8-11,18,21H,6-7,12H2,1-3H3,(H,22,23)/b5-4+. The molecule has 0 bridgehead atoms. The Balaban J connectivity index is 1.49. The molecule has 1 fully saturated rings. The molecule has 1 amide bonds. The first-order valence-corrected chi connectivity index (χ1v) is 9.34. The number of nitrogens with one attached hydrogen (secondary N) is 2. The Morgan fingerprint density at radius 3 is 2.89 bits per heavy atom. The van der Waals surface area contributed by atoms with Crippen molar-refractivity contribution >= 4 is 12.0 Å². The second-order valence-corrected chi connectivity index (χ2v) is 7.11. The van der Waals surface area contributed by atoms with E-state index in [-0.39, 0.29) is 11.9 Å². The Morgan fingerprint density at radius 2 is 2.18 bits per heavy atom. The van der Waals surface area contributed by atoms with Crippen molar-refractivity contribution in [2.24, 2.45) is 0 Å². The van der Waals surface area contributed by atoms with Crippen LogP contribution in [0.3, 0.4) is 0 Å². The minimum absolute atomic E-state index is 0.0112. The number of rotatable bonds is 4. The van der Waals surface area contributed by atoms with Gasteiger partial charge in [0, 0.05) is 54.9 Å². The van der Waals surface area contributed by atoms with Crippen LogP contribution < -0.4 is 5.32 Å². The van der Waals surface area contributed by atoms with Crippen molar-refractivity contribution in [3.63, 3.8) is 0 Å². The van der Waals surface area contributed by atoms with Gasteiger partial charge in [0.15, 0.2) is 5.82 Å². The zero-order valence-corrected chi connectivity index (χ0v) is 16.3. The molecule has 1 aliphatic rings. The molecule has 4 heterocycles. The van der Waals surface area contributed by atoms with Crippen LogP contribution in [-0.2, 0) is 4.79 Å². The molecular formula is C20H24N6O2. The molecule has 4 rings (SSSR count). The van der Waals surface area contributed by atoms with E-state index < -0.39 is 0 Å². The van der Waals surface area contributed by atoms with Crippen LogP contribution >= 0.6 is 0 Å². The van der Waals surface area contributed by atoms with Gasteiger partial charge in [-0.1, -0.05) is 5.16 Å². The molecule has 0 aliphatic carbocycles. The SMILES string of the molecule is Cc1cc(-n2c(C)cc(/C=C/C(=O)N3CCNC(c4cn[nH]c4)C3)c2C)no1. The van der Waals surface area contributed by atoms with E-state index in [9.17, 15) is 4.79 Å². The summed E-state index contributed by atoms with van der Waals surface area (Å²) in [6, 6.07) is 4.05. The molecule has 1 unspecified atom stereocenters. The molecule has 3 aromatic heterocycles. The summed E-state index contributed by atoms with van der Waals surface area (Å²) in [5, 5.41) is 14.3. The number of hydrogen-bond acceptors (Lipinski definition) is 5. The summed E-state index contributed by atoms with van der Waals surface area (Å²) in [5.41, 5.74) is 4.12. The van der Waals surface area contributed by atoms with Gasteiger partial charge in [-0.15, -0.1) is 0 Å². The average molecular weight is 380 g/mol. The van der Waals surface area contributed by atoms with Crippen molar-refractivity contribution in [2.75, 3.05) is 19.6 Å². The maximum Gasteiger partial charge on any atom is 0.246 e. The van der Waals surface area contributed by atoms with Crippen LogP contribution in [-0.4, -0.2) is 50.4 Å². The Labute approximate surface area is 163 Å². The van der Waals surface area contributed by atoms with E-state index in [0.717, 1.165) is 40.6 Å². The number of carbonyl (C=O) groups excluding carboxylic acids is 1. The molecule has 2 N–H and O–H groups in total. The van der Waals surface area contributed by atoms with E-state index in [0.29, 0.717) is 13.1 Å². The molecule has 0 aromatic carbocycles. The zero-order chi connectivity index (χ0) is 19.7. The second-order valence-electron chi connectivity index (χ2n) is 7.11. The molecular weight excluding hydrogens is 356 g/mol. The highest BCUT2D eigenvalue weighted by molar-refractivity contribution is 5.92. The van der Waals surface area contributed by atoms with Gasteiger partial charge in [0.2, 0.25) is 5.91 Å². The summed E-state index contributed by atoms with van der Waals surface area (Å²) in [5.74, 6) is 1.53. The lowest BCUT2D eigenvalue weighted by molar-refractivity contribution is -0.127. The average Bonchev–Trinajstić information content (AvgIpc) is 3.42. The third-order valence-corrected chi connectivity index (χ3v) is 5.13. The third-order valence-electron chi connectivity index (χ3n) is 5.13. The normalized spacial score (nSPS) is 17.5. The van der Waals surface area contributed by atoms with Gasteiger partial charge in [0.1, 0.15) is 5.76 Å². The maximum atomic E-state index is 12.7. The highest BCUT2D eigenvalue weighted by Gasteiger charge is 2.23. The van der Waals surface area contributed by atoms with E-state index in [1.54, 1.807) is 12.3 Å². The highest BCUT2D eigenvalue weighted by Crippen LogP contribution is 2.22. The fourth-order valence-corrected chi connectivity index (χ4v) is 3.66. The number of H-pyrrole nitrogens is 1. The van der Waals surface area contributed by atoms with Gasteiger partial charge in [-0.25, -0.2) is 0 Å². The van der Waals surface area contributed by atoms with Crippen LogP contribution in [0.4, 0.5) is 0 Å². The van der Waals surface area contributed by atoms with Crippen molar-refractivity contribution in [3.8, 4) is 5.82 Å². The Hall–Kier alpha value is -3.13. The van der Waals surface area contributed by atoms with Crippen LogP contribution in [0.2, 0.25) is 0 Å². The van der Waals surface area contributed by atoms with Gasteiger partial charge in [-0.3, -0.25) is 14.5 Å². The lowest BCUT2D eigenvalue weighted by Gasteiger charge is -2.32. The number of aromatic nitrogens is 4. The Kier molecular flexibility index (Phi) is 4.87. The van der Waals surface area contributed by atoms with Gasteiger partial charge >= 0.3 is 0 Å². The summed E-state index contributed by atoms with van der Waals surface area (Å²) in [6.45, 7) is 7.97. The number of aryl methyl sites for hydroxylation is 2. The van der Waals surface area contributed by atoms with Crippen molar-refractivity contribution in [1.29, 1.82) is 0 Å². The smallest absolute Gasteiger partial charge is 0.246 e. The molecule has 8 heteroatoms. The molecule has 0 spiro atoms. The first-order chi connectivity index (χ1) is 13.5. The summed E-state index contributed by atoms with van der Waals surface area (Å²) < 4.78 is 7.22. The lowest BCUT2D eigenvalue weighted by atomic mass is 10.1. The second kappa shape index (κ2) is 7.47. The van der Waals surface area contributed by atoms with Gasteiger partial charge < -0.3 is 14.7 Å². The van der Waals surface area contributed by atoms with Crippen LogP contribution in [0.1, 0.15) is 34.3 Å². The van der Waals surface area contributed by atoms with E-state index in [4.69, 9.17) is 4.52 Å². The minimum atomic E-state index is 0.0112. The monoisotopic (exact) mass is 380 g/mol. The Morgan fingerprint density at radius 1 is 1.32 bits per heavy atom. The third kappa shape index (κ3) is 3.50. The number of amides is 1. The molecule has 0 radical (unpaired) electrons. The largest absolute Gasteiger partial charge is 0.360 e. The van der Waals surface area contributed by atoms with Gasteiger partial charge in [0.25, 0.3) is 0 Å². The quantitative estimate of drug-likeness (QED) is 0.678. The van der Waals surface area contributed by atoms with Crippen molar-refractivity contribution in [1.82, 2.24) is 30.1 Å². The van der Waals surface area contributed by atoms with E-state index in [2.05, 4.69) is 26.7 Å². The summed E-state index contributed by atoms with van der Waals surface area (Å²) in [4.78, 5) is 14.6. The van der Waals surface area contributed by atoms with Gasteiger partial charge in [-0.05, 0) is 38.5 Å². The fourth-order valence-electron chi connectivity index (χ4n) is 3.66. The predicted molar refractivity (Wildman–Crippen MR) is 105 cm³/mol. The van der Waals surface area contributed by atoms with Crippen LogP contribution in [0.15, 0.2) is 35.1 Å². The van der Waals surface area contributed by atoms with Crippen LogP contribution in [0, 0.1) is 20.8 Å². The molecule has 1 atom stereocenters. The minimum Gasteiger partial charge on any atom is -0.360 e.